The van der Waals surface area contributed by atoms with E-state index in [1.807, 2.05) is 6.07 Å². The van der Waals surface area contributed by atoms with Crippen molar-refractivity contribution in [2.24, 2.45) is 0 Å². The summed E-state index contributed by atoms with van der Waals surface area (Å²) < 4.78 is 13.3. The second-order valence-corrected chi connectivity index (χ2v) is 3.96. The predicted octanol–water partition coefficient (Wildman–Crippen LogP) is 2.94. The van der Waals surface area contributed by atoms with Gasteiger partial charge in [-0.3, -0.25) is 0 Å². The van der Waals surface area contributed by atoms with Crippen LogP contribution in [0, 0.1) is 5.82 Å². The Kier molecular flexibility index (Phi) is 5.26. The lowest BCUT2D eigenvalue weighted by Crippen LogP contribution is -2.25. The van der Waals surface area contributed by atoms with Gasteiger partial charge in [-0.15, -0.1) is 0 Å². The van der Waals surface area contributed by atoms with Crippen molar-refractivity contribution in [3.63, 3.8) is 0 Å². The molecule has 1 rings (SSSR count). The van der Waals surface area contributed by atoms with Gasteiger partial charge < -0.3 is 10.0 Å². The van der Waals surface area contributed by atoms with Crippen LogP contribution in [-0.4, -0.2) is 18.2 Å². The van der Waals surface area contributed by atoms with E-state index in [0.29, 0.717) is 5.56 Å². The molecule has 0 aliphatic carbocycles. The first-order chi connectivity index (χ1) is 7.71. The van der Waals surface area contributed by atoms with Gasteiger partial charge in [0.25, 0.3) is 0 Å². The summed E-state index contributed by atoms with van der Waals surface area (Å²) in [5.41, 5.74) is 1.50. The van der Waals surface area contributed by atoms with Gasteiger partial charge in [0.2, 0.25) is 0 Å². The SMILES string of the molecule is CCCN(CCC)c1cc(F)cc(CO)c1. The number of rotatable bonds is 6. The molecule has 1 N–H and O–H groups in total. The summed E-state index contributed by atoms with van der Waals surface area (Å²) in [6, 6.07) is 4.76. The Morgan fingerprint density at radius 2 is 1.75 bits per heavy atom. The van der Waals surface area contributed by atoms with Crippen LogP contribution >= 0.6 is 0 Å². The Morgan fingerprint density at radius 3 is 2.25 bits per heavy atom. The molecule has 1 aromatic carbocycles. The highest BCUT2D eigenvalue weighted by Gasteiger charge is 2.07. The van der Waals surface area contributed by atoms with Gasteiger partial charge >= 0.3 is 0 Å². The zero-order chi connectivity index (χ0) is 12.0. The highest BCUT2D eigenvalue weighted by molar-refractivity contribution is 5.49. The minimum absolute atomic E-state index is 0.114. The molecule has 3 heteroatoms. The average Bonchev–Trinajstić information content (AvgIpc) is 2.28. The van der Waals surface area contributed by atoms with E-state index in [2.05, 4.69) is 18.7 Å². The summed E-state index contributed by atoms with van der Waals surface area (Å²) >= 11 is 0. The molecule has 0 radical (unpaired) electrons. The van der Waals surface area contributed by atoms with Gasteiger partial charge in [-0.1, -0.05) is 13.8 Å². The summed E-state index contributed by atoms with van der Waals surface area (Å²) in [6.45, 7) is 5.94. The molecule has 0 heterocycles. The third-order valence-electron chi connectivity index (χ3n) is 2.48. The maximum atomic E-state index is 13.3. The van der Waals surface area contributed by atoms with Crippen LogP contribution in [0.3, 0.4) is 0 Å². The van der Waals surface area contributed by atoms with E-state index in [1.165, 1.54) is 12.1 Å². The normalized spacial score (nSPS) is 10.5. The smallest absolute Gasteiger partial charge is 0.125 e. The van der Waals surface area contributed by atoms with Crippen molar-refractivity contribution < 1.29 is 9.50 Å². The topological polar surface area (TPSA) is 23.5 Å². The minimum atomic E-state index is -0.279. The molecular weight excluding hydrogens is 205 g/mol. The van der Waals surface area contributed by atoms with Gasteiger partial charge in [0, 0.05) is 18.8 Å². The van der Waals surface area contributed by atoms with Crippen LogP contribution in [0.1, 0.15) is 32.3 Å². The lowest BCUT2D eigenvalue weighted by Gasteiger charge is -2.24. The molecular formula is C13H20FNO. The van der Waals surface area contributed by atoms with E-state index in [9.17, 15) is 4.39 Å². The molecule has 0 amide bonds. The Balaban J connectivity index is 2.93. The molecule has 1 aromatic rings. The van der Waals surface area contributed by atoms with Gasteiger partial charge in [0.15, 0.2) is 0 Å². The van der Waals surface area contributed by atoms with Gasteiger partial charge in [-0.2, -0.15) is 0 Å². The van der Waals surface area contributed by atoms with Crippen LogP contribution in [0.15, 0.2) is 18.2 Å². The van der Waals surface area contributed by atoms with Crippen molar-refractivity contribution in [3.8, 4) is 0 Å². The van der Waals surface area contributed by atoms with Crippen LogP contribution in [0.25, 0.3) is 0 Å². The Morgan fingerprint density at radius 1 is 1.12 bits per heavy atom. The predicted molar refractivity (Wildman–Crippen MR) is 65.1 cm³/mol. The highest BCUT2D eigenvalue weighted by atomic mass is 19.1. The van der Waals surface area contributed by atoms with E-state index < -0.39 is 0 Å². The molecule has 16 heavy (non-hydrogen) atoms. The molecule has 0 aliphatic rings. The molecule has 90 valence electrons. The first kappa shape index (κ1) is 13.0. The number of aliphatic hydroxyl groups is 1. The third-order valence-corrected chi connectivity index (χ3v) is 2.48. The Bertz CT molecular complexity index is 322. The monoisotopic (exact) mass is 225 g/mol. The molecule has 0 saturated heterocycles. The molecule has 2 nitrogen and oxygen atoms in total. The number of anilines is 1. The van der Waals surface area contributed by atoms with Gasteiger partial charge in [-0.05, 0) is 36.6 Å². The van der Waals surface area contributed by atoms with Crippen molar-refractivity contribution in [1.82, 2.24) is 0 Å². The summed E-state index contributed by atoms with van der Waals surface area (Å²) in [5.74, 6) is -0.279. The maximum absolute atomic E-state index is 13.3. The van der Waals surface area contributed by atoms with Gasteiger partial charge in [-0.25, -0.2) is 4.39 Å². The van der Waals surface area contributed by atoms with Crippen molar-refractivity contribution in [2.75, 3.05) is 18.0 Å². The van der Waals surface area contributed by atoms with Crippen LogP contribution in [0.2, 0.25) is 0 Å². The fourth-order valence-corrected chi connectivity index (χ4v) is 1.82. The van der Waals surface area contributed by atoms with Crippen molar-refractivity contribution in [1.29, 1.82) is 0 Å². The molecule has 0 aromatic heterocycles. The first-order valence-corrected chi connectivity index (χ1v) is 5.86. The molecule has 0 bridgehead atoms. The fourth-order valence-electron chi connectivity index (χ4n) is 1.82. The third kappa shape index (κ3) is 3.49. The number of benzene rings is 1. The van der Waals surface area contributed by atoms with E-state index in [1.54, 1.807) is 0 Å². The van der Waals surface area contributed by atoms with E-state index >= 15 is 0 Å². The molecule has 0 fully saturated rings. The number of hydrogen-bond acceptors (Lipinski definition) is 2. The van der Waals surface area contributed by atoms with E-state index in [0.717, 1.165) is 31.6 Å². The Labute approximate surface area is 96.7 Å². The molecule has 0 saturated carbocycles. The second kappa shape index (κ2) is 6.48. The summed E-state index contributed by atoms with van der Waals surface area (Å²) in [6.07, 6.45) is 2.07. The quantitative estimate of drug-likeness (QED) is 0.804. The standard InChI is InChI=1S/C13H20FNO/c1-3-5-15(6-4-2)13-8-11(10-16)7-12(14)9-13/h7-9,16H,3-6,10H2,1-2H3. The van der Waals surface area contributed by atoms with Crippen LogP contribution in [0.4, 0.5) is 10.1 Å². The van der Waals surface area contributed by atoms with E-state index in [-0.39, 0.29) is 12.4 Å². The fraction of sp³-hybridized carbons (Fsp3) is 0.538. The van der Waals surface area contributed by atoms with E-state index in [4.69, 9.17) is 5.11 Å². The average molecular weight is 225 g/mol. The maximum Gasteiger partial charge on any atom is 0.125 e. The van der Waals surface area contributed by atoms with Crippen molar-refractivity contribution in [2.45, 2.75) is 33.3 Å². The van der Waals surface area contributed by atoms with Crippen LogP contribution in [-0.2, 0) is 6.61 Å². The number of halogens is 1. The molecule has 0 aliphatic heterocycles. The number of nitrogens with zero attached hydrogens (tertiary/aromatic N) is 1. The molecule has 0 unspecified atom stereocenters. The summed E-state index contributed by atoms with van der Waals surface area (Å²) in [7, 11) is 0. The summed E-state index contributed by atoms with van der Waals surface area (Å²) in [5, 5.41) is 9.04. The zero-order valence-electron chi connectivity index (χ0n) is 10.0. The van der Waals surface area contributed by atoms with Crippen molar-refractivity contribution in [3.05, 3.63) is 29.6 Å². The largest absolute Gasteiger partial charge is 0.392 e. The number of hydrogen-bond donors (Lipinski definition) is 1. The highest BCUT2D eigenvalue weighted by Crippen LogP contribution is 2.19. The zero-order valence-corrected chi connectivity index (χ0v) is 10.0. The van der Waals surface area contributed by atoms with Gasteiger partial charge in [0.1, 0.15) is 5.82 Å². The minimum Gasteiger partial charge on any atom is -0.392 e. The van der Waals surface area contributed by atoms with Crippen LogP contribution < -0.4 is 4.90 Å². The number of aliphatic hydroxyl groups excluding tert-OH is 1. The first-order valence-electron chi connectivity index (χ1n) is 5.86. The van der Waals surface area contributed by atoms with Crippen molar-refractivity contribution >= 4 is 5.69 Å². The molecule has 0 spiro atoms. The second-order valence-electron chi connectivity index (χ2n) is 3.96. The lowest BCUT2D eigenvalue weighted by atomic mass is 10.1. The Hall–Kier alpha value is -1.09. The lowest BCUT2D eigenvalue weighted by molar-refractivity contribution is 0.281. The summed E-state index contributed by atoms with van der Waals surface area (Å²) in [4.78, 5) is 2.16. The van der Waals surface area contributed by atoms with Crippen LogP contribution in [0.5, 0.6) is 0 Å². The van der Waals surface area contributed by atoms with Gasteiger partial charge in [0.05, 0.1) is 6.61 Å². The molecule has 0 atom stereocenters.